The summed E-state index contributed by atoms with van der Waals surface area (Å²) < 4.78 is 10.9. The van der Waals surface area contributed by atoms with E-state index in [2.05, 4.69) is 29.6 Å². The lowest BCUT2D eigenvalue weighted by Crippen LogP contribution is -2.23. The van der Waals surface area contributed by atoms with E-state index in [4.69, 9.17) is 16.1 Å². The first-order valence-corrected chi connectivity index (χ1v) is 10.2. The Hall–Kier alpha value is -3.76. The van der Waals surface area contributed by atoms with Crippen LogP contribution in [0.2, 0.25) is 5.02 Å². The van der Waals surface area contributed by atoms with Crippen molar-refractivity contribution in [2.24, 2.45) is 0 Å². The SMILES string of the molecule is O=c1ccc(-c2nc(-c3cccc(Cl)c3)ns2)nn1Cc1nc(-c2cccnc2)no1. The van der Waals surface area contributed by atoms with Crippen LogP contribution < -0.4 is 5.56 Å². The first-order chi connectivity index (χ1) is 15.2. The molecule has 1 aromatic carbocycles. The molecule has 0 aliphatic carbocycles. The van der Waals surface area contributed by atoms with Gasteiger partial charge in [-0.05, 0) is 41.9 Å². The summed E-state index contributed by atoms with van der Waals surface area (Å²) in [6, 6.07) is 13.9. The van der Waals surface area contributed by atoms with Crippen molar-refractivity contribution in [2.45, 2.75) is 6.54 Å². The molecule has 4 heterocycles. The second kappa shape index (κ2) is 8.17. The van der Waals surface area contributed by atoms with E-state index in [1.807, 2.05) is 18.2 Å². The summed E-state index contributed by atoms with van der Waals surface area (Å²) in [4.78, 5) is 25.2. The molecule has 11 heteroatoms. The molecular formula is C20H12ClN7O2S. The minimum absolute atomic E-state index is 0.0277. The fraction of sp³-hybridized carbons (Fsp3) is 0.0500. The second-order valence-corrected chi connectivity index (χ2v) is 7.59. The van der Waals surface area contributed by atoms with Gasteiger partial charge in [0.05, 0.1) is 0 Å². The average molecular weight is 450 g/mol. The van der Waals surface area contributed by atoms with E-state index in [0.717, 1.165) is 5.56 Å². The van der Waals surface area contributed by atoms with E-state index >= 15 is 0 Å². The lowest BCUT2D eigenvalue weighted by molar-refractivity contribution is 0.363. The molecule has 5 rings (SSSR count). The number of hydrogen-bond acceptors (Lipinski definition) is 9. The Labute approximate surface area is 184 Å². The van der Waals surface area contributed by atoms with Crippen molar-refractivity contribution in [1.82, 2.24) is 34.3 Å². The highest BCUT2D eigenvalue weighted by atomic mass is 35.5. The molecule has 0 saturated heterocycles. The number of halogens is 1. The Morgan fingerprint density at radius 1 is 1.03 bits per heavy atom. The minimum atomic E-state index is -0.301. The van der Waals surface area contributed by atoms with Crippen LogP contribution in [0.4, 0.5) is 0 Å². The van der Waals surface area contributed by atoms with Gasteiger partial charge in [0, 0.05) is 34.6 Å². The van der Waals surface area contributed by atoms with Crippen LogP contribution in [-0.4, -0.2) is 34.3 Å². The third-order valence-corrected chi connectivity index (χ3v) is 5.24. The Bertz CT molecular complexity index is 1410. The van der Waals surface area contributed by atoms with Crippen LogP contribution in [0.1, 0.15) is 5.89 Å². The van der Waals surface area contributed by atoms with Gasteiger partial charge in [-0.1, -0.05) is 28.9 Å². The van der Waals surface area contributed by atoms with E-state index in [1.54, 1.807) is 36.7 Å². The number of rotatable bonds is 5. The smallest absolute Gasteiger partial charge is 0.267 e. The largest absolute Gasteiger partial charge is 0.337 e. The highest BCUT2D eigenvalue weighted by Gasteiger charge is 2.14. The molecular weight excluding hydrogens is 438 g/mol. The molecule has 0 aliphatic heterocycles. The van der Waals surface area contributed by atoms with Gasteiger partial charge in [-0.3, -0.25) is 9.78 Å². The number of hydrogen-bond donors (Lipinski definition) is 0. The number of aromatic nitrogens is 7. The van der Waals surface area contributed by atoms with E-state index in [0.29, 0.717) is 32.9 Å². The van der Waals surface area contributed by atoms with E-state index in [-0.39, 0.29) is 18.0 Å². The quantitative estimate of drug-likeness (QED) is 0.400. The molecule has 0 aliphatic rings. The van der Waals surface area contributed by atoms with Crippen molar-refractivity contribution in [1.29, 1.82) is 0 Å². The maximum atomic E-state index is 12.3. The Morgan fingerprint density at radius 2 is 1.94 bits per heavy atom. The van der Waals surface area contributed by atoms with Gasteiger partial charge in [0.15, 0.2) is 10.8 Å². The summed E-state index contributed by atoms with van der Waals surface area (Å²) in [5.41, 5.74) is 1.73. The molecule has 152 valence electrons. The lowest BCUT2D eigenvalue weighted by Gasteiger charge is -2.02. The topological polar surface area (TPSA) is 112 Å². The predicted octanol–water partition coefficient (Wildman–Crippen LogP) is 3.58. The summed E-state index contributed by atoms with van der Waals surface area (Å²) >= 11 is 7.23. The second-order valence-electron chi connectivity index (χ2n) is 6.40. The molecule has 0 N–H and O–H groups in total. The maximum Gasteiger partial charge on any atom is 0.267 e. The molecule has 0 saturated carbocycles. The fourth-order valence-electron chi connectivity index (χ4n) is 2.81. The van der Waals surface area contributed by atoms with E-state index in [1.165, 1.54) is 22.3 Å². The third-order valence-electron chi connectivity index (χ3n) is 4.27. The minimum Gasteiger partial charge on any atom is -0.337 e. The zero-order chi connectivity index (χ0) is 21.2. The molecule has 0 radical (unpaired) electrons. The predicted molar refractivity (Wildman–Crippen MR) is 114 cm³/mol. The summed E-state index contributed by atoms with van der Waals surface area (Å²) in [6.45, 7) is 0.0277. The van der Waals surface area contributed by atoms with Crippen LogP contribution in [0.25, 0.3) is 33.5 Å². The normalized spacial score (nSPS) is 11.0. The first-order valence-electron chi connectivity index (χ1n) is 9.07. The molecule has 4 aromatic heterocycles. The summed E-state index contributed by atoms with van der Waals surface area (Å²) in [5.74, 6) is 1.19. The Kier molecular flexibility index (Phi) is 5.06. The van der Waals surface area contributed by atoms with Crippen molar-refractivity contribution >= 4 is 23.1 Å². The van der Waals surface area contributed by atoms with Crippen molar-refractivity contribution in [3.05, 3.63) is 82.2 Å². The molecule has 0 unspecified atom stereocenters. The van der Waals surface area contributed by atoms with Gasteiger partial charge in [-0.15, -0.1) is 0 Å². The highest BCUT2D eigenvalue weighted by molar-refractivity contribution is 7.09. The summed E-state index contributed by atoms with van der Waals surface area (Å²) in [7, 11) is 0. The van der Waals surface area contributed by atoms with Gasteiger partial charge in [-0.25, -0.2) is 9.67 Å². The van der Waals surface area contributed by atoms with Gasteiger partial charge in [0.25, 0.3) is 5.56 Å². The van der Waals surface area contributed by atoms with Gasteiger partial charge in [-0.2, -0.15) is 14.5 Å². The zero-order valence-electron chi connectivity index (χ0n) is 15.7. The molecule has 0 bridgehead atoms. The van der Waals surface area contributed by atoms with Crippen LogP contribution in [0.3, 0.4) is 0 Å². The first kappa shape index (κ1) is 19.2. The molecule has 5 aromatic rings. The van der Waals surface area contributed by atoms with Crippen molar-refractivity contribution in [3.63, 3.8) is 0 Å². The maximum absolute atomic E-state index is 12.3. The van der Waals surface area contributed by atoms with Crippen molar-refractivity contribution in [3.8, 4) is 33.5 Å². The average Bonchev–Trinajstić information content (AvgIpc) is 3.46. The number of benzene rings is 1. The van der Waals surface area contributed by atoms with Crippen LogP contribution in [0, 0.1) is 0 Å². The fourth-order valence-corrected chi connectivity index (χ4v) is 3.65. The van der Waals surface area contributed by atoms with Gasteiger partial charge in [0.1, 0.15) is 12.2 Å². The molecule has 0 fully saturated rings. The van der Waals surface area contributed by atoms with Crippen LogP contribution in [-0.2, 0) is 6.54 Å². The van der Waals surface area contributed by atoms with Gasteiger partial charge >= 0.3 is 0 Å². The van der Waals surface area contributed by atoms with Crippen LogP contribution >= 0.6 is 23.1 Å². The van der Waals surface area contributed by atoms with Gasteiger partial charge in [0.2, 0.25) is 11.7 Å². The summed E-state index contributed by atoms with van der Waals surface area (Å²) in [6.07, 6.45) is 3.29. The van der Waals surface area contributed by atoms with Gasteiger partial charge < -0.3 is 4.52 Å². The standard InChI is InChI=1S/C20H12ClN7O2S/c21-14-5-1-3-12(9-14)19-24-20(31-27-19)15-6-7-17(29)28(25-15)11-16-23-18(26-30-16)13-4-2-8-22-10-13/h1-10H,11H2. The van der Waals surface area contributed by atoms with E-state index in [9.17, 15) is 4.79 Å². The Morgan fingerprint density at radius 3 is 2.77 bits per heavy atom. The van der Waals surface area contributed by atoms with Crippen LogP contribution in [0.15, 0.2) is 70.2 Å². The summed E-state index contributed by atoms with van der Waals surface area (Å²) in [5, 5.41) is 9.50. The van der Waals surface area contributed by atoms with Crippen molar-refractivity contribution < 1.29 is 4.52 Å². The molecule has 0 amide bonds. The Balaban J connectivity index is 1.42. The molecule has 0 atom stereocenters. The van der Waals surface area contributed by atoms with Crippen molar-refractivity contribution in [2.75, 3.05) is 0 Å². The number of nitrogens with zero attached hydrogens (tertiary/aromatic N) is 7. The third kappa shape index (κ3) is 4.11. The zero-order valence-corrected chi connectivity index (χ0v) is 17.3. The lowest BCUT2D eigenvalue weighted by atomic mass is 10.2. The van der Waals surface area contributed by atoms with E-state index < -0.39 is 0 Å². The molecule has 0 spiro atoms. The number of pyridine rings is 1. The highest BCUT2D eigenvalue weighted by Crippen LogP contribution is 2.25. The monoisotopic (exact) mass is 449 g/mol. The molecule has 9 nitrogen and oxygen atoms in total. The van der Waals surface area contributed by atoms with Crippen LogP contribution in [0.5, 0.6) is 0 Å². The molecule has 31 heavy (non-hydrogen) atoms.